The lowest BCUT2D eigenvalue weighted by Gasteiger charge is -2.07. The molecule has 2 amide bonds. The predicted octanol–water partition coefficient (Wildman–Crippen LogP) is 4.43. The zero-order chi connectivity index (χ0) is 16.1. The summed E-state index contributed by atoms with van der Waals surface area (Å²) in [5.41, 5.74) is 2.05. The van der Waals surface area contributed by atoms with E-state index < -0.39 is 0 Å². The third kappa shape index (κ3) is 4.69. The van der Waals surface area contributed by atoms with Crippen LogP contribution in [0.2, 0.25) is 5.02 Å². The van der Waals surface area contributed by atoms with E-state index in [4.69, 9.17) is 16.6 Å². The van der Waals surface area contributed by atoms with Crippen molar-refractivity contribution < 1.29 is 4.79 Å². The van der Waals surface area contributed by atoms with Crippen LogP contribution in [0.3, 0.4) is 0 Å². The van der Waals surface area contributed by atoms with E-state index >= 15 is 0 Å². The summed E-state index contributed by atoms with van der Waals surface area (Å²) in [5, 5.41) is 7.52. The molecule has 3 rings (SSSR count). The minimum atomic E-state index is -0.189. The summed E-state index contributed by atoms with van der Waals surface area (Å²) >= 11 is 7.66. The Hall–Kier alpha value is -1.59. The summed E-state index contributed by atoms with van der Waals surface area (Å²) in [5.74, 6) is 0. The molecule has 0 radical (unpaired) electrons. The van der Waals surface area contributed by atoms with Crippen molar-refractivity contribution in [1.29, 1.82) is 0 Å². The van der Waals surface area contributed by atoms with Crippen LogP contribution in [-0.2, 0) is 19.3 Å². The fraction of sp³-hybridized carbons (Fsp3) is 0.412. The molecule has 1 aromatic heterocycles. The van der Waals surface area contributed by atoms with Gasteiger partial charge in [-0.05, 0) is 56.4 Å². The van der Waals surface area contributed by atoms with E-state index in [0.717, 1.165) is 24.9 Å². The zero-order valence-corrected chi connectivity index (χ0v) is 14.5. The molecule has 0 atom stereocenters. The van der Waals surface area contributed by atoms with E-state index in [-0.39, 0.29) is 6.03 Å². The summed E-state index contributed by atoms with van der Waals surface area (Å²) in [6.45, 7) is 0.643. The molecule has 0 unspecified atom stereocenters. The number of amides is 2. The molecule has 0 spiro atoms. The Morgan fingerprint density at radius 3 is 2.78 bits per heavy atom. The van der Waals surface area contributed by atoms with E-state index in [1.165, 1.54) is 34.8 Å². The number of benzene rings is 1. The van der Waals surface area contributed by atoms with Crippen molar-refractivity contribution in [2.45, 2.75) is 38.5 Å². The van der Waals surface area contributed by atoms with Crippen LogP contribution in [0, 0.1) is 0 Å². The lowest BCUT2D eigenvalue weighted by atomic mass is 10.0. The highest BCUT2D eigenvalue weighted by Gasteiger charge is 2.14. The second-order valence-corrected chi connectivity index (χ2v) is 7.28. The molecule has 0 saturated carbocycles. The van der Waals surface area contributed by atoms with Crippen molar-refractivity contribution in [1.82, 2.24) is 10.3 Å². The summed E-state index contributed by atoms with van der Waals surface area (Å²) in [4.78, 5) is 18.0. The van der Waals surface area contributed by atoms with Gasteiger partial charge in [0.1, 0.15) is 0 Å². The highest BCUT2D eigenvalue weighted by atomic mass is 35.5. The summed E-state index contributed by atoms with van der Waals surface area (Å²) < 4.78 is 0. The molecule has 0 fully saturated rings. The first-order valence-corrected chi connectivity index (χ1v) is 9.18. The zero-order valence-electron chi connectivity index (χ0n) is 12.9. The second-order valence-electron chi connectivity index (χ2n) is 5.68. The Morgan fingerprint density at radius 2 is 2.00 bits per heavy atom. The predicted molar refractivity (Wildman–Crippen MR) is 95.6 cm³/mol. The number of aryl methyl sites for hydroxylation is 3. The number of halogens is 1. The molecule has 1 aliphatic rings. The Kier molecular flexibility index (Phi) is 5.51. The molecule has 122 valence electrons. The largest absolute Gasteiger partial charge is 0.338 e. The normalized spacial score (nSPS) is 13.4. The number of carbonyl (C=O) groups excluding carboxylic acids is 1. The molecule has 23 heavy (non-hydrogen) atoms. The first-order chi connectivity index (χ1) is 11.2. The Morgan fingerprint density at radius 1 is 1.22 bits per heavy atom. The van der Waals surface area contributed by atoms with E-state index in [0.29, 0.717) is 11.6 Å². The molecule has 1 aromatic carbocycles. The van der Waals surface area contributed by atoms with Gasteiger partial charge in [-0.3, -0.25) is 0 Å². The third-order valence-corrected chi connectivity index (χ3v) is 5.31. The lowest BCUT2D eigenvalue weighted by Crippen LogP contribution is -2.29. The van der Waals surface area contributed by atoms with Gasteiger partial charge >= 0.3 is 6.03 Å². The van der Waals surface area contributed by atoms with Crippen LogP contribution < -0.4 is 10.6 Å². The molecule has 0 aliphatic heterocycles. The maximum absolute atomic E-state index is 11.8. The molecule has 4 nitrogen and oxygen atoms in total. The fourth-order valence-electron chi connectivity index (χ4n) is 2.66. The summed E-state index contributed by atoms with van der Waals surface area (Å²) in [6.07, 6.45) is 6.71. The van der Waals surface area contributed by atoms with Gasteiger partial charge in [-0.25, -0.2) is 9.78 Å². The van der Waals surface area contributed by atoms with Gasteiger partial charge in [0.25, 0.3) is 0 Å². The van der Waals surface area contributed by atoms with E-state index in [1.54, 1.807) is 24.3 Å². The maximum Gasteiger partial charge on any atom is 0.319 e. The van der Waals surface area contributed by atoms with Crippen LogP contribution in [0.25, 0.3) is 0 Å². The van der Waals surface area contributed by atoms with Crippen molar-refractivity contribution in [3.05, 3.63) is 44.9 Å². The number of hydrogen-bond acceptors (Lipinski definition) is 3. The van der Waals surface area contributed by atoms with Gasteiger partial charge in [0.2, 0.25) is 0 Å². The number of thiazole rings is 1. The van der Waals surface area contributed by atoms with Gasteiger partial charge in [0.15, 0.2) is 0 Å². The molecule has 1 heterocycles. The average Bonchev–Trinajstić information content (AvgIpc) is 2.96. The maximum atomic E-state index is 11.8. The first kappa shape index (κ1) is 16.3. The molecule has 2 aromatic rings. The van der Waals surface area contributed by atoms with Gasteiger partial charge in [-0.2, -0.15) is 0 Å². The van der Waals surface area contributed by atoms with Crippen LogP contribution in [0.4, 0.5) is 10.5 Å². The Bertz CT molecular complexity index is 645. The number of anilines is 1. The van der Waals surface area contributed by atoms with Crippen molar-refractivity contribution in [3.63, 3.8) is 0 Å². The molecule has 0 saturated heterocycles. The number of fused-ring (bicyclic) bond motifs is 1. The molecule has 0 bridgehead atoms. The van der Waals surface area contributed by atoms with E-state index in [1.807, 2.05) is 11.3 Å². The van der Waals surface area contributed by atoms with Crippen LogP contribution >= 0.6 is 22.9 Å². The van der Waals surface area contributed by atoms with Gasteiger partial charge in [-0.15, -0.1) is 11.3 Å². The number of aromatic nitrogens is 1. The molecule has 6 heteroatoms. The smallest absolute Gasteiger partial charge is 0.319 e. The quantitative estimate of drug-likeness (QED) is 0.784. The number of carbonyl (C=O) groups is 1. The fourth-order valence-corrected chi connectivity index (χ4v) is 3.99. The highest BCUT2D eigenvalue weighted by molar-refractivity contribution is 7.11. The molecule has 1 aliphatic carbocycles. The SMILES string of the molecule is O=C(NCCCc1nc2c(s1)CCCC2)Nc1ccc(Cl)cc1. The summed E-state index contributed by atoms with van der Waals surface area (Å²) in [7, 11) is 0. The van der Waals surface area contributed by atoms with E-state index in [2.05, 4.69) is 10.6 Å². The topological polar surface area (TPSA) is 54.0 Å². The molecular formula is C17H20ClN3OS. The minimum Gasteiger partial charge on any atom is -0.338 e. The second kappa shape index (κ2) is 7.79. The standard InChI is InChI=1S/C17H20ClN3OS/c18-12-7-9-13(10-8-12)20-17(22)19-11-3-6-16-21-14-4-1-2-5-15(14)23-16/h7-10H,1-6,11H2,(H2,19,20,22). The number of hydrogen-bond donors (Lipinski definition) is 2. The highest BCUT2D eigenvalue weighted by Crippen LogP contribution is 2.27. The van der Waals surface area contributed by atoms with Crippen molar-refractivity contribution in [2.24, 2.45) is 0 Å². The Labute approximate surface area is 145 Å². The summed E-state index contributed by atoms with van der Waals surface area (Å²) in [6, 6.07) is 6.87. The minimum absolute atomic E-state index is 0.189. The van der Waals surface area contributed by atoms with Crippen LogP contribution in [0.15, 0.2) is 24.3 Å². The molecule has 2 N–H and O–H groups in total. The first-order valence-electron chi connectivity index (χ1n) is 7.98. The van der Waals surface area contributed by atoms with Crippen LogP contribution in [0.5, 0.6) is 0 Å². The van der Waals surface area contributed by atoms with E-state index in [9.17, 15) is 4.79 Å². The number of nitrogens with one attached hydrogen (secondary N) is 2. The number of nitrogens with zero attached hydrogens (tertiary/aromatic N) is 1. The lowest BCUT2D eigenvalue weighted by molar-refractivity contribution is 0.252. The number of rotatable bonds is 5. The third-order valence-electron chi connectivity index (χ3n) is 3.85. The van der Waals surface area contributed by atoms with Crippen LogP contribution in [-0.4, -0.2) is 17.6 Å². The van der Waals surface area contributed by atoms with Gasteiger partial charge in [-0.1, -0.05) is 11.6 Å². The Balaban J connectivity index is 1.38. The van der Waals surface area contributed by atoms with Crippen LogP contribution in [0.1, 0.15) is 34.8 Å². The van der Waals surface area contributed by atoms with Crippen molar-refractivity contribution in [2.75, 3.05) is 11.9 Å². The van der Waals surface area contributed by atoms with Gasteiger partial charge < -0.3 is 10.6 Å². The monoisotopic (exact) mass is 349 g/mol. The van der Waals surface area contributed by atoms with Gasteiger partial charge in [0, 0.05) is 28.6 Å². The van der Waals surface area contributed by atoms with Crippen molar-refractivity contribution in [3.8, 4) is 0 Å². The van der Waals surface area contributed by atoms with Gasteiger partial charge in [0.05, 0.1) is 10.7 Å². The van der Waals surface area contributed by atoms with Crippen molar-refractivity contribution >= 4 is 34.7 Å². The molecular weight excluding hydrogens is 330 g/mol. The average molecular weight is 350 g/mol. The number of urea groups is 1.